The van der Waals surface area contributed by atoms with E-state index in [1.54, 1.807) is 34.2 Å². The highest BCUT2D eigenvalue weighted by molar-refractivity contribution is 6.32. The first-order valence-corrected chi connectivity index (χ1v) is 15.4. The minimum atomic E-state index is -0.844. The number of methoxy groups -OCH3 is 1. The van der Waals surface area contributed by atoms with Crippen LogP contribution in [-0.2, 0) is 27.9 Å². The van der Waals surface area contributed by atoms with E-state index in [1.165, 1.54) is 0 Å². The Morgan fingerprint density at radius 3 is 1.93 bits per heavy atom. The number of carbonyl (C=O) groups is 2. The number of hydrogen-bond acceptors (Lipinski definition) is 5. The van der Waals surface area contributed by atoms with E-state index < -0.39 is 23.3 Å². The van der Waals surface area contributed by atoms with Gasteiger partial charge >= 0.3 is 6.09 Å². The van der Waals surface area contributed by atoms with Crippen LogP contribution in [0.1, 0.15) is 48.7 Å². The number of amides is 1. The number of nitrogens with zero attached hydrogens (tertiary/aromatic N) is 2. The highest BCUT2D eigenvalue weighted by Crippen LogP contribution is 2.41. The molecule has 0 bridgehead atoms. The molecule has 5 rings (SSSR count). The Morgan fingerprint density at radius 1 is 0.826 bits per heavy atom. The topological polar surface area (TPSA) is 82.5 Å². The third-order valence-corrected chi connectivity index (χ3v) is 7.91. The van der Waals surface area contributed by atoms with E-state index in [1.807, 2.05) is 86.8 Å². The fraction of sp³-hybridized carbons (Fsp3) is 0.237. The van der Waals surface area contributed by atoms with Crippen LogP contribution in [0.2, 0.25) is 0 Å². The zero-order valence-electron chi connectivity index (χ0n) is 27.1. The molecule has 0 saturated heterocycles. The van der Waals surface area contributed by atoms with Crippen molar-refractivity contribution in [3.05, 3.63) is 150 Å². The number of ketones is 1. The molecule has 1 amide bonds. The van der Waals surface area contributed by atoms with Crippen molar-refractivity contribution in [3.63, 3.8) is 0 Å². The van der Waals surface area contributed by atoms with Gasteiger partial charge in [-0.3, -0.25) is 4.79 Å². The summed E-state index contributed by atoms with van der Waals surface area (Å²) in [7, 11) is 3.66. The van der Waals surface area contributed by atoms with Gasteiger partial charge in [0, 0.05) is 19.0 Å². The van der Waals surface area contributed by atoms with Crippen LogP contribution in [0.5, 0.6) is 5.75 Å². The number of nitrogens with one attached hydrogen (secondary N) is 1. The van der Waals surface area contributed by atoms with Gasteiger partial charge in [-0.05, 0) is 55.2 Å². The summed E-state index contributed by atoms with van der Waals surface area (Å²) in [5.41, 5.74) is 4.23. The minimum absolute atomic E-state index is 0.128. The van der Waals surface area contributed by atoms with Crippen molar-refractivity contribution in [2.45, 2.75) is 50.8 Å². The summed E-state index contributed by atoms with van der Waals surface area (Å²) in [5, 5.41) is 2.84. The number of hydrogen-bond donors (Lipinski definition) is 1. The average Bonchev–Trinajstić information content (AvgIpc) is 3.51. The van der Waals surface area contributed by atoms with Gasteiger partial charge < -0.3 is 19.4 Å². The highest BCUT2D eigenvalue weighted by atomic mass is 16.6. The zero-order valence-corrected chi connectivity index (χ0v) is 27.1. The molecular formula is C38H40BN3O4. The number of benzene rings is 4. The summed E-state index contributed by atoms with van der Waals surface area (Å²) in [6.07, 6.45) is 3.49. The molecule has 1 aromatic heterocycles. The molecule has 0 aliphatic heterocycles. The maximum Gasteiger partial charge on any atom is 0.408 e. The van der Waals surface area contributed by atoms with Crippen LogP contribution in [0.3, 0.4) is 0 Å². The number of imidazole rings is 1. The molecule has 4 aromatic carbocycles. The molecular weight excluding hydrogens is 573 g/mol. The van der Waals surface area contributed by atoms with Crippen LogP contribution in [-0.4, -0.2) is 48.0 Å². The van der Waals surface area contributed by atoms with Crippen molar-refractivity contribution in [2.75, 3.05) is 7.11 Å². The molecule has 0 fully saturated rings. The van der Waals surface area contributed by atoms with E-state index in [4.69, 9.17) is 14.5 Å². The molecule has 234 valence electrons. The van der Waals surface area contributed by atoms with Gasteiger partial charge in [0.1, 0.15) is 24.7 Å². The summed E-state index contributed by atoms with van der Waals surface area (Å²) in [6.45, 7) is 5.38. The molecule has 8 heteroatoms. The molecule has 0 aliphatic carbocycles. The average molecular weight is 614 g/mol. The molecule has 0 radical (unpaired) electrons. The second-order valence-corrected chi connectivity index (χ2v) is 12.5. The van der Waals surface area contributed by atoms with Crippen LogP contribution in [0, 0.1) is 0 Å². The second-order valence-electron chi connectivity index (χ2n) is 12.5. The number of alkyl carbamates (subject to hydrolysis) is 1. The van der Waals surface area contributed by atoms with E-state index in [0.717, 1.165) is 33.5 Å². The summed E-state index contributed by atoms with van der Waals surface area (Å²) < 4.78 is 13.1. The Bertz CT molecular complexity index is 1710. The largest absolute Gasteiger partial charge is 0.497 e. The van der Waals surface area contributed by atoms with Crippen molar-refractivity contribution in [1.82, 2.24) is 14.9 Å². The molecule has 5 aromatic rings. The monoisotopic (exact) mass is 613 g/mol. The Hall–Kier alpha value is -5.11. The Labute approximate surface area is 272 Å². The number of Topliss-reactive ketones (excluding diaryl/α,β-unsaturated/α-hetero) is 1. The Balaban J connectivity index is 1.57. The van der Waals surface area contributed by atoms with Crippen molar-refractivity contribution in [2.24, 2.45) is 0 Å². The molecule has 0 aliphatic rings. The lowest BCUT2D eigenvalue weighted by Gasteiger charge is -2.37. The normalized spacial score (nSPS) is 12.3. The zero-order chi connectivity index (χ0) is 32.7. The van der Waals surface area contributed by atoms with Gasteiger partial charge in [-0.1, -0.05) is 103 Å². The van der Waals surface area contributed by atoms with Gasteiger partial charge in [0.2, 0.25) is 0 Å². The quantitative estimate of drug-likeness (QED) is 0.163. The molecule has 1 atom stereocenters. The van der Waals surface area contributed by atoms with E-state index >= 15 is 0 Å². The predicted octanol–water partition coefficient (Wildman–Crippen LogP) is 5.24. The van der Waals surface area contributed by atoms with Gasteiger partial charge in [-0.2, -0.15) is 0 Å². The van der Waals surface area contributed by atoms with Crippen LogP contribution >= 0.6 is 0 Å². The highest BCUT2D eigenvalue weighted by Gasteiger charge is 2.39. The molecule has 0 spiro atoms. The summed E-state index contributed by atoms with van der Waals surface area (Å²) >= 11 is 0. The maximum atomic E-state index is 13.7. The lowest BCUT2D eigenvalue weighted by atomic mass is 9.76. The number of rotatable bonds is 11. The van der Waals surface area contributed by atoms with Crippen LogP contribution in [0.25, 0.3) is 0 Å². The first-order valence-electron chi connectivity index (χ1n) is 15.4. The van der Waals surface area contributed by atoms with Crippen LogP contribution in [0.15, 0.2) is 122 Å². The fourth-order valence-electron chi connectivity index (χ4n) is 5.73. The van der Waals surface area contributed by atoms with Crippen LogP contribution in [0.4, 0.5) is 4.79 Å². The molecule has 46 heavy (non-hydrogen) atoms. The smallest absolute Gasteiger partial charge is 0.408 e. The number of carbonyl (C=O) groups excluding carboxylic acids is 2. The molecule has 1 heterocycles. The van der Waals surface area contributed by atoms with Crippen LogP contribution < -0.4 is 15.5 Å². The first-order chi connectivity index (χ1) is 22.1. The fourth-order valence-corrected chi connectivity index (χ4v) is 5.73. The molecule has 7 nitrogen and oxygen atoms in total. The van der Waals surface area contributed by atoms with Gasteiger partial charge in [0.15, 0.2) is 5.78 Å². The summed E-state index contributed by atoms with van der Waals surface area (Å²) in [5.74, 6) is 0.630. The van der Waals surface area contributed by atoms with Crippen molar-refractivity contribution < 1.29 is 19.1 Å². The van der Waals surface area contributed by atoms with Crippen molar-refractivity contribution in [1.29, 1.82) is 0 Å². The molecule has 0 unspecified atom stereocenters. The first kappa shape index (κ1) is 32.3. The van der Waals surface area contributed by atoms with E-state index in [9.17, 15) is 9.59 Å². The Morgan fingerprint density at radius 2 is 1.39 bits per heavy atom. The van der Waals surface area contributed by atoms with E-state index in [0.29, 0.717) is 5.69 Å². The third-order valence-electron chi connectivity index (χ3n) is 7.91. The number of ether oxygens (including phenoxy) is 2. The van der Waals surface area contributed by atoms with Gasteiger partial charge in [0.25, 0.3) is 0 Å². The second kappa shape index (κ2) is 13.9. The molecule has 1 N–H and O–H groups in total. The van der Waals surface area contributed by atoms with Gasteiger partial charge in [-0.15, -0.1) is 0 Å². The van der Waals surface area contributed by atoms with Crippen molar-refractivity contribution >= 4 is 25.2 Å². The standard InChI is InChI=1S/C38H40BN3O4/c1-37(2,3)46-36(44)41-34(35(43)23-27-15-19-31(39)20-16-27)24-32-25-42(26-40-32)38(28-11-7-5-8-12-28,29-13-9-6-10-14-29)30-17-21-33(45-4)22-18-30/h5-22,25-26,34H,23-24,39H2,1-4H3,(H,41,44)/t34-/m0/s1. The Kier molecular flexibility index (Phi) is 9.76. The lowest BCUT2D eigenvalue weighted by Crippen LogP contribution is -2.45. The minimum Gasteiger partial charge on any atom is -0.497 e. The predicted molar refractivity (Wildman–Crippen MR) is 184 cm³/mol. The maximum absolute atomic E-state index is 13.7. The third kappa shape index (κ3) is 7.40. The SMILES string of the molecule is Bc1ccc(CC(=O)[C@H](Cc2cn(C(c3ccccc3)(c3ccccc3)c3ccc(OC)cc3)cn2)NC(=O)OC(C)(C)C)cc1. The van der Waals surface area contributed by atoms with E-state index in [2.05, 4.69) is 46.3 Å². The summed E-state index contributed by atoms with van der Waals surface area (Å²) in [6, 6.07) is 35.6. The van der Waals surface area contributed by atoms with Gasteiger partial charge in [-0.25, -0.2) is 9.78 Å². The van der Waals surface area contributed by atoms with Crippen molar-refractivity contribution in [3.8, 4) is 5.75 Å². The number of aromatic nitrogens is 2. The molecule has 0 saturated carbocycles. The van der Waals surface area contributed by atoms with Gasteiger partial charge in [0.05, 0.1) is 25.2 Å². The summed E-state index contributed by atoms with van der Waals surface area (Å²) in [4.78, 5) is 31.4. The lowest BCUT2D eigenvalue weighted by molar-refractivity contribution is -0.120. The van der Waals surface area contributed by atoms with E-state index in [-0.39, 0.29) is 18.6 Å².